The molecule has 4 rings (SSSR count). The fraction of sp³-hybridized carbons (Fsp3) is 0.500. The summed E-state index contributed by atoms with van der Waals surface area (Å²) in [6.45, 7) is 1.03. The minimum absolute atomic E-state index is 0.0430. The molecule has 2 heterocycles. The van der Waals surface area contributed by atoms with E-state index in [-0.39, 0.29) is 23.8 Å². The van der Waals surface area contributed by atoms with Crippen molar-refractivity contribution >= 4 is 5.91 Å². The number of rotatable bonds is 5. The molecule has 1 aromatic heterocycles. The van der Waals surface area contributed by atoms with E-state index in [1.54, 1.807) is 4.68 Å². The second-order valence-electron chi connectivity index (χ2n) is 7.56. The first-order valence-corrected chi connectivity index (χ1v) is 9.61. The van der Waals surface area contributed by atoms with Gasteiger partial charge in [0, 0.05) is 31.1 Å². The van der Waals surface area contributed by atoms with Crippen LogP contribution in [0.1, 0.15) is 36.3 Å². The highest BCUT2D eigenvalue weighted by atomic mass is 16.5. The van der Waals surface area contributed by atoms with E-state index >= 15 is 0 Å². The molecule has 1 aliphatic heterocycles. The maximum Gasteiger partial charge on any atom is 0.237 e. The highest BCUT2D eigenvalue weighted by Gasteiger charge is 2.43. The van der Waals surface area contributed by atoms with Gasteiger partial charge in [0.05, 0.1) is 6.20 Å². The number of benzene rings is 1. The van der Waals surface area contributed by atoms with E-state index in [1.807, 2.05) is 31.4 Å². The molecule has 4 N–H and O–H groups in total. The van der Waals surface area contributed by atoms with Gasteiger partial charge in [-0.25, -0.2) is 10.1 Å². The molecule has 1 aliphatic carbocycles. The van der Waals surface area contributed by atoms with Crippen LogP contribution < -0.4 is 21.3 Å². The number of fused-ring (bicyclic) bond motifs is 1. The van der Waals surface area contributed by atoms with Crippen LogP contribution in [0.25, 0.3) is 0 Å². The molecule has 4 unspecified atom stereocenters. The van der Waals surface area contributed by atoms with E-state index in [0.29, 0.717) is 19.1 Å². The molecular weight excluding hydrogens is 342 g/mol. The number of ether oxygens (including phenoxy) is 1. The largest absolute Gasteiger partial charge is 0.473 e. The summed E-state index contributed by atoms with van der Waals surface area (Å²) in [5, 5.41) is 4.43. The monoisotopic (exact) mass is 369 g/mol. The lowest BCUT2D eigenvalue weighted by Gasteiger charge is -2.43. The van der Waals surface area contributed by atoms with Crippen molar-refractivity contribution in [2.45, 2.75) is 37.8 Å². The Hall–Kier alpha value is -2.38. The van der Waals surface area contributed by atoms with Gasteiger partial charge in [-0.15, -0.1) is 0 Å². The van der Waals surface area contributed by atoms with Crippen LogP contribution in [-0.4, -0.2) is 28.3 Å². The van der Waals surface area contributed by atoms with Gasteiger partial charge in [-0.05, 0) is 36.7 Å². The normalized spacial score (nSPS) is 27.7. The molecule has 1 saturated heterocycles. The van der Waals surface area contributed by atoms with Crippen molar-refractivity contribution in [3.05, 3.63) is 47.7 Å². The fourth-order valence-electron chi connectivity index (χ4n) is 4.48. The molecule has 0 radical (unpaired) electrons. The molecule has 2 aliphatic rings. The Bertz CT molecular complexity index is 791. The van der Waals surface area contributed by atoms with E-state index < -0.39 is 0 Å². The van der Waals surface area contributed by atoms with E-state index in [2.05, 4.69) is 28.1 Å². The smallest absolute Gasteiger partial charge is 0.237 e. The Labute approximate surface area is 159 Å². The van der Waals surface area contributed by atoms with Gasteiger partial charge in [-0.3, -0.25) is 10.2 Å². The third-order valence-electron chi connectivity index (χ3n) is 5.96. The second-order valence-corrected chi connectivity index (χ2v) is 7.56. The number of nitrogens with two attached hydrogens (primary N) is 1. The van der Waals surface area contributed by atoms with Crippen LogP contribution >= 0.6 is 0 Å². The summed E-state index contributed by atoms with van der Waals surface area (Å²) in [7, 11) is 1.91. The summed E-state index contributed by atoms with van der Waals surface area (Å²) in [6, 6.07) is 10.2. The number of aryl methyl sites for hydroxylation is 1. The molecule has 27 heavy (non-hydrogen) atoms. The molecule has 1 aromatic carbocycles. The summed E-state index contributed by atoms with van der Waals surface area (Å²) in [6.07, 6.45) is 4.66. The number of amides is 1. The Morgan fingerprint density at radius 2 is 2.11 bits per heavy atom. The molecule has 1 saturated carbocycles. The molecule has 2 fully saturated rings. The molecule has 0 spiro atoms. The summed E-state index contributed by atoms with van der Waals surface area (Å²) in [5.74, 6) is 1.52. The van der Waals surface area contributed by atoms with Crippen LogP contribution in [-0.2, 0) is 18.4 Å². The van der Waals surface area contributed by atoms with Crippen molar-refractivity contribution in [2.75, 3.05) is 6.54 Å². The first kappa shape index (κ1) is 18.0. The number of hydrogen-bond donors (Lipinski definition) is 3. The third kappa shape index (κ3) is 3.57. The van der Waals surface area contributed by atoms with E-state index in [9.17, 15) is 4.79 Å². The van der Waals surface area contributed by atoms with Crippen molar-refractivity contribution in [1.82, 2.24) is 20.6 Å². The topological polar surface area (TPSA) is 94.2 Å². The van der Waals surface area contributed by atoms with Crippen LogP contribution in [0, 0.1) is 11.8 Å². The SMILES string of the molecule is Cn1ncc(C2CCC3C(=O)NNC(CN)C3C2)c1OCc1ccccc1. The van der Waals surface area contributed by atoms with Crippen LogP contribution in [0.3, 0.4) is 0 Å². The molecule has 0 bridgehead atoms. The van der Waals surface area contributed by atoms with Gasteiger partial charge in [-0.1, -0.05) is 30.3 Å². The van der Waals surface area contributed by atoms with Crippen molar-refractivity contribution in [3.8, 4) is 5.88 Å². The highest BCUT2D eigenvalue weighted by Crippen LogP contribution is 2.44. The second kappa shape index (κ2) is 7.70. The minimum Gasteiger partial charge on any atom is -0.473 e. The average Bonchev–Trinajstić information content (AvgIpc) is 3.08. The van der Waals surface area contributed by atoms with Gasteiger partial charge in [0.25, 0.3) is 0 Å². The highest BCUT2D eigenvalue weighted by molar-refractivity contribution is 5.79. The number of hydrazine groups is 1. The first-order chi connectivity index (χ1) is 13.2. The standard InChI is InChI=1S/C20H27N5O2/c1-25-20(27-12-13-5-3-2-4-6-13)17(11-22-25)14-7-8-15-16(9-14)18(10-21)23-24-19(15)26/h2-6,11,14-16,18,23H,7-10,12,21H2,1H3,(H,24,26). The maximum absolute atomic E-state index is 12.2. The fourth-order valence-corrected chi connectivity index (χ4v) is 4.48. The molecule has 2 aromatic rings. The van der Waals surface area contributed by atoms with E-state index in [0.717, 1.165) is 36.3 Å². The van der Waals surface area contributed by atoms with Crippen molar-refractivity contribution in [1.29, 1.82) is 0 Å². The summed E-state index contributed by atoms with van der Waals surface area (Å²) in [4.78, 5) is 12.2. The predicted molar refractivity (Wildman–Crippen MR) is 102 cm³/mol. The quantitative estimate of drug-likeness (QED) is 0.742. The van der Waals surface area contributed by atoms with Gasteiger partial charge in [0.15, 0.2) is 0 Å². The molecule has 7 heteroatoms. The molecular formula is C20H27N5O2. The number of aromatic nitrogens is 2. The van der Waals surface area contributed by atoms with Gasteiger partial charge in [-0.2, -0.15) is 5.10 Å². The van der Waals surface area contributed by atoms with Gasteiger partial charge < -0.3 is 10.5 Å². The summed E-state index contributed by atoms with van der Waals surface area (Å²) in [5.41, 5.74) is 14.1. The summed E-state index contributed by atoms with van der Waals surface area (Å²) >= 11 is 0. The number of hydrogen-bond acceptors (Lipinski definition) is 5. The zero-order valence-electron chi connectivity index (χ0n) is 15.6. The van der Waals surface area contributed by atoms with Crippen LogP contribution in [0.4, 0.5) is 0 Å². The van der Waals surface area contributed by atoms with Gasteiger partial charge in [0.2, 0.25) is 11.8 Å². The minimum atomic E-state index is 0.0430. The van der Waals surface area contributed by atoms with Crippen LogP contribution in [0.2, 0.25) is 0 Å². The lowest BCUT2D eigenvalue weighted by molar-refractivity contribution is -0.133. The zero-order valence-corrected chi connectivity index (χ0v) is 15.6. The predicted octanol–water partition coefficient (Wildman–Crippen LogP) is 1.46. The van der Waals surface area contributed by atoms with Crippen molar-refractivity contribution in [2.24, 2.45) is 24.6 Å². The third-order valence-corrected chi connectivity index (χ3v) is 5.96. The Morgan fingerprint density at radius 1 is 1.30 bits per heavy atom. The van der Waals surface area contributed by atoms with E-state index in [1.165, 1.54) is 0 Å². The van der Waals surface area contributed by atoms with Crippen molar-refractivity contribution in [3.63, 3.8) is 0 Å². The summed E-state index contributed by atoms with van der Waals surface area (Å²) < 4.78 is 7.94. The van der Waals surface area contributed by atoms with Crippen molar-refractivity contribution < 1.29 is 9.53 Å². The lowest BCUT2D eigenvalue weighted by atomic mass is 9.68. The first-order valence-electron chi connectivity index (χ1n) is 9.61. The average molecular weight is 369 g/mol. The molecule has 7 nitrogen and oxygen atoms in total. The molecule has 1 amide bonds. The number of carbonyl (C=O) groups excluding carboxylic acids is 1. The van der Waals surface area contributed by atoms with Crippen LogP contribution in [0.15, 0.2) is 36.5 Å². The Morgan fingerprint density at radius 3 is 2.89 bits per heavy atom. The van der Waals surface area contributed by atoms with E-state index in [4.69, 9.17) is 10.5 Å². The Kier molecular flexibility index (Phi) is 5.13. The number of nitrogens with one attached hydrogen (secondary N) is 2. The molecule has 144 valence electrons. The number of nitrogens with zero attached hydrogens (tertiary/aromatic N) is 2. The number of carbonyl (C=O) groups is 1. The van der Waals surface area contributed by atoms with Gasteiger partial charge >= 0.3 is 0 Å². The lowest BCUT2D eigenvalue weighted by Crippen LogP contribution is -2.62. The zero-order chi connectivity index (χ0) is 18.8. The maximum atomic E-state index is 12.2. The van der Waals surface area contributed by atoms with Gasteiger partial charge in [0.1, 0.15) is 6.61 Å². The molecule has 4 atom stereocenters. The Balaban J connectivity index is 1.51. The van der Waals surface area contributed by atoms with Crippen LogP contribution in [0.5, 0.6) is 5.88 Å².